The van der Waals surface area contributed by atoms with Crippen molar-refractivity contribution in [3.63, 3.8) is 0 Å². The molecule has 0 aliphatic carbocycles. The van der Waals surface area contributed by atoms with Crippen LogP contribution in [0.1, 0.15) is 61.2 Å². The molecule has 0 saturated carbocycles. The Balaban J connectivity index is 0.00000124. The third-order valence-corrected chi connectivity index (χ3v) is 23.6. The van der Waals surface area contributed by atoms with Gasteiger partial charge in [0.25, 0.3) is 0 Å². The molecule has 114 heavy (non-hydrogen) atoms. The number of hydrogen-bond acceptors (Lipinski definition) is 7. The molecule has 0 unspecified atom stereocenters. The Morgan fingerprint density at radius 2 is 0.711 bits per heavy atom. The summed E-state index contributed by atoms with van der Waals surface area (Å²) in [4.78, 5) is 0. The van der Waals surface area contributed by atoms with Gasteiger partial charge in [0.1, 0.15) is 64.7 Å². The van der Waals surface area contributed by atoms with Crippen LogP contribution in [0.3, 0.4) is 0 Å². The van der Waals surface area contributed by atoms with Crippen LogP contribution in [0.5, 0.6) is 11.5 Å². The zero-order valence-electron chi connectivity index (χ0n) is 69.0. The SMILES string of the molecule is C#Cc1cc(C)ccc1P(C)(C)=O.C#Cc1cccc(C)c1.Cc1ccc(F)c(Cl)c1.Cc1ccc(F)c(P(C)(C)=O)c1.Cc1ccc(Oc2ccccc2)cc1.Cc1ccc(P(C)(C)=O)c(F)c1.Cc1ccc(P(C)(C)=O)cc1.Cc1ccc(P=O)cc1.Cc1cccc(P(C)(C)=O)c1.[Y].[Y].[c-]1ccccc1.[c-]1ccccc1. The van der Waals surface area contributed by atoms with Crippen LogP contribution in [0, 0.1) is 117 Å². The summed E-state index contributed by atoms with van der Waals surface area (Å²) in [5.74, 6) is 5.80. The molecule has 7 nitrogen and oxygen atoms in total. The van der Waals surface area contributed by atoms with Crippen molar-refractivity contribution in [1.82, 2.24) is 0 Å². The van der Waals surface area contributed by atoms with Crippen LogP contribution >= 0.6 is 55.8 Å². The molecule has 0 amide bonds. The summed E-state index contributed by atoms with van der Waals surface area (Å²) in [7, 11) is -11.1. The molecule has 0 fully saturated rings. The van der Waals surface area contributed by atoms with Gasteiger partial charge in [0.05, 0.1) is 5.02 Å². The summed E-state index contributed by atoms with van der Waals surface area (Å²) in [5, 5.41) is 4.45. The first-order valence-electron chi connectivity index (χ1n) is 35.4. The number of terminal acetylenes is 2. The minimum Gasteiger partial charge on any atom is -0.457 e. The number of rotatable bonds is 8. The van der Waals surface area contributed by atoms with Crippen molar-refractivity contribution in [3.05, 3.63) is 381 Å². The van der Waals surface area contributed by atoms with E-state index in [1.807, 2.05) is 286 Å². The quantitative estimate of drug-likeness (QED) is 0.0846. The average Bonchev–Trinajstić information content (AvgIpc) is 0.833. The molecule has 2 radical (unpaired) electrons. The van der Waals surface area contributed by atoms with Gasteiger partial charge in [-0.3, -0.25) is 4.57 Å². The van der Waals surface area contributed by atoms with Gasteiger partial charge in [-0.2, -0.15) is 72.8 Å². The van der Waals surface area contributed by atoms with E-state index >= 15 is 0 Å². The number of aryl methyl sites for hydroxylation is 9. The molecule has 12 aromatic carbocycles. The van der Waals surface area contributed by atoms with E-state index in [0.29, 0.717) is 10.6 Å². The van der Waals surface area contributed by atoms with Gasteiger partial charge in [0, 0.05) is 108 Å². The zero-order chi connectivity index (χ0) is 84.3. The van der Waals surface area contributed by atoms with Crippen LogP contribution in [0.15, 0.2) is 285 Å². The van der Waals surface area contributed by atoms with Crippen molar-refractivity contribution in [2.75, 3.05) is 66.6 Å². The molecule has 12 aromatic rings. The Kier molecular flexibility index (Phi) is 52.3. The van der Waals surface area contributed by atoms with Crippen LogP contribution in [0.4, 0.5) is 13.2 Å². The second-order valence-electron chi connectivity index (χ2n) is 27.7. The monoisotopic (exact) mass is 1810 g/mol. The first kappa shape index (κ1) is 107. The molecule has 0 atom stereocenters. The van der Waals surface area contributed by atoms with E-state index in [-0.39, 0.29) is 96.4 Å². The third-order valence-electron chi connectivity index (χ3n) is 15.1. The first-order valence-corrected chi connectivity index (χ1v) is 49.6. The minimum absolute atomic E-state index is 0. The molecular weight excluding hydrogens is 1710 g/mol. The smallest absolute Gasteiger partial charge is 0.192 e. The normalized spacial score (nSPS) is 10.2. The summed E-state index contributed by atoms with van der Waals surface area (Å²) in [6, 6.07) is 93.9. The Morgan fingerprint density at radius 3 is 1.07 bits per heavy atom. The number of halogens is 4. The number of hydrogen-bond donors (Lipinski definition) is 0. The van der Waals surface area contributed by atoms with E-state index in [2.05, 4.69) is 30.9 Å². The maximum absolute atomic E-state index is 13.2. The molecule has 0 bridgehead atoms. The summed E-state index contributed by atoms with van der Waals surface area (Å²) in [6.45, 7) is 34.6. The van der Waals surface area contributed by atoms with E-state index in [4.69, 9.17) is 29.2 Å². The van der Waals surface area contributed by atoms with Gasteiger partial charge >= 0.3 is 0 Å². The minimum atomic E-state index is -2.46. The number of ether oxygens (including phenoxy) is 1. The van der Waals surface area contributed by atoms with Crippen molar-refractivity contribution in [1.29, 1.82) is 0 Å². The van der Waals surface area contributed by atoms with Crippen LogP contribution in [-0.4, -0.2) is 66.6 Å². The molecule has 0 aliphatic heterocycles. The Bertz CT molecular complexity index is 5070. The zero-order valence-corrected chi connectivity index (χ0v) is 80.8. The maximum atomic E-state index is 13.2. The van der Waals surface area contributed by atoms with Crippen LogP contribution in [0.25, 0.3) is 0 Å². The molecule has 0 N–H and O–H groups in total. The van der Waals surface area contributed by atoms with E-state index < -0.39 is 35.7 Å². The third kappa shape index (κ3) is 47.3. The Labute approximate surface area is 737 Å². The Hall–Kier alpha value is -6.90. The fourth-order valence-corrected chi connectivity index (χ4v) is 14.6. The van der Waals surface area contributed by atoms with Gasteiger partial charge < -0.3 is 27.6 Å². The molecule has 0 spiro atoms. The fraction of sp³-hybridized carbons (Fsp3) is 0.200. The van der Waals surface area contributed by atoms with Crippen molar-refractivity contribution >= 4 is 87.6 Å². The standard InChI is InChI=1S/C13H12O.C11H13OP.2C9H12FOP.2C9H13OP.C9H8.C7H6ClF.C7H7OP.2C6H5.2Y/c1-11-7-9-13(10-8-11)14-12-5-3-2-4-6-12;1-5-10-8-9(2)6-7-11(10)13(3,4)12;1-7-4-5-9(8(10)6-7)12(2,3)11;1-7-4-5-8(10)9(6-7)12(2,3)11;1-8-4-6-9(7-5-8)11(2,3)10;1-8-5-4-6-9(7-8)11(2,3)10;1-3-9-6-4-5-8(2)7-9;1-5-2-3-7(9)6(8)4-5;1-6-2-4-7(9-8)5-3-6;2*1-2-4-6-5-3-1;;/h2-10H,1H3;1,6-8H,2-4H3;2*4-6H,1-3H3;2*4-7H,1-3H3;1,4-7H,2H3;2-4H,1H3;2-5H,1H3;2*1-5H;;/q;;;;;;;;;2*-1;;. The van der Waals surface area contributed by atoms with Crippen LogP contribution in [0.2, 0.25) is 5.02 Å². The second-order valence-corrected chi connectivity index (χ2v) is 44.8. The molecule has 0 heterocycles. The second kappa shape index (κ2) is 55.7. The van der Waals surface area contributed by atoms with Gasteiger partial charge in [0.2, 0.25) is 0 Å². The number of para-hydroxylation sites is 1. The predicted molar refractivity (Wildman–Crippen MR) is 481 cm³/mol. The van der Waals surface area contributed by atoms with E-state index in [9.17, 15) is 40.6 Å². The Morgan fingerprint density at radius 1 is 0.333 bits per heavy atom. The van der Waals surface area contributed by atoms with Crippen LogP contribution < -0.4 is 36.6 Å². The molecule has 0 aromatic heterocycles. The molecule has 0 saturated heterocycles. The number of benzene rings is 12. The molecule has 19 heteroatoms. The van der Waals surface area contributed by atoms with E-state index in [1.165, 1.54) is 46.0 Å². The van der Waals surface area contributed by atoms with Gasteiger partial charge in [0.15, 0.2) is 8.46 Å². The van der Waals surface area contributed by atoms with E-state index in [1.54, 1.807) is 103 Å². The van der Waals surface area contributed by atoms with Crippen molar-refractivity contribution in [3.8, 4) is 36.2 Å². The van der Waals surface area contributed by atoms with Crippen molar-refractivity contribution in [2.24, 2.45) is 0 Å². The van der Waals surface area contributed by atoms with Gasteiger partial charge in [-0.1, -0.05) is 173 Å². The van der Waals surface area contributed by atoms with Gasteiger partial charge in [-0.25, -0.2) is 13.2 Å². The van der Waals surface area contributed by atoms with Crippen LogP contribution in [-0.2, 0) is 92.8 Å². The largest absolute Gasteiger partial charge is 0.457 e. The molecule has 12 rings (SSSR count). The van der Waals surface area contributed by atoms with E-state index in [0.717, 1.165) is 66.1 Å². The molecule has 594 valence electrons. The van der Waals surface area contributed by atoms with Gasteiger partial charge in [-0.15, -0.1) is 12.8 Å². The first-order chi connectivity index (χ1) is 52.5. The summed E-state index contributed by atoms with van der Waals surface area (Å²) >= 11 is 5.44. The summed E-state index contributed by atoms with van der Waals surface area (Å²) in [5.41, 5.74) is 11.6. The van der Waals surface area contributed by atoms with Crippen molar-refractivity contribution < 1.29 is 111 Å². The molecule has 0 aliphatic rings. The summed E-state index contributed by atoms with van der Waals surface area (Å²) < 4.78 is 112. The summed E-state index contributed by atoms with van der Waals surface area (Å²) in [6.07, 6.45) is 10.5. The predicted octanol–water partition coefficient (Wildman–Crippen LogP) is 24.9. The van der Waals surface area contributed by atoms with Crippen molar-refractivity contribution in [2.45, 2.75) is 62.3 Å². The average molecular weight is 1820 g/mol. The topological polar surface area (TPSA) is 112 Å². The molecular formula is C95H106ClF3O7P6Y2-2. The fourth-order valence-electron chi connectivity index (χ4n) is 9.04. The maximum Gasteiger partial charge on any atom is 0.192 e. The van der Waals surface area contributed by atoms with Gasteiger partial charge in [-0.05, 0) is 254 Å².